The van der Waals surface area contributed by atoms with E-state index in [2.05, 4.69) is 49.5 Å². The molecule has 0 amide bonds. The number of nitrogens with one attached hydrogen (secondary N) is 1. The molecule has 1 N–H and O–H groups in total. The third-order valence-corrected chi connectivity index (χ3v) is 6.61. The Kier molecular flexibility index (Phi) is 5.01. The molecule has 1 nitrogen and oxygen atoms in total. The standard InChI is InChI=1S/C24H33N/c1-17-13-21(19-7-3-4-8-19)15-23(14-17)25-22-12-11-18(2)24(16-22)20-9-5-6-10-20/h11-12,14-17,19-20,25H,3-10,13H2,1-2H3. The summed E-state index contributed by atoms with van der Waals surface area (Å²) in [5, 5.41) is 3.74. The van der Waals surface area contributed by atoms with Gasteiger partial charge in [-0.1, -0.05) is 50.3 Å². The SMILES string of the molecule is Cc1ccc(NC2=CC(C)CC(C3CCCC3)=C2)cc1C1CCCC1. The smallest absolute Gasteiger partial charge is 0.0387 e. The molecule has 1 atom stereocenters. The second kappa shape index (κ2) is 7.40. The maximum Gasteiger partial charge on any atom is 0.0387 e. The van der Waals surface area contributed by atoms with E-state index in [4.69, 9.17) is 0 Å². The summed E-state index contributed by atoms with van der Waals surface area (Å²) >= 11 is 0. The predicted octanol–water partition coefficient (Wildman–Crippen LogP) is 7.10. The summed E-state index contributed by atoms with van der Waals surface area (Å²) in [6, 6.07) is 7.00. The Bertz CT molecular complexity index is 669. The van der Waals surface area contributed by atoms with E-state index in [0.717, 1.165) is 11.8 Å². The number of rotatable bonds is 4. The molecule has 1 aromatic rings. The molecule has 3 aliphatic rings. The van der Waals surface area contributed by atoms with Crippen LogP contribution in [0.25, 0.3) is 0 Å². The number of hydrogen-bond acceptors (Lipinski definition) is 1. The van der Waals surface area contributed by atoms with Crippen LogP contribution in [0.15, 0.2) is 41.6 Å². The van der Waals surface area contributed by atoms with E-state index in [0.29, 0.717) is 5.92 Å². The molecule has 2 saturated carbocycles. The van der Waals surface area contributed by atoms with Crippen LogP contribution in [0.2, 0.25) is 0 Å². The van der Waals surface area contributed by atoms with E-state index in [1.165, 1.54) is 74.7 Å². The van der Waals surface area contributed by atoms with Gasteiger partial charge in [0.1, 0.15) is 0 Å². The van der Waals surface area contributed by atoms with Gasteiger partial charge in [-0.25, -0.2) is 0 Å². The lowest BCUT2D eigenvalue weighted by Crippen LogP contribution is -2.12. The number of benzene rings is 1. The summed E-state index contributed by atoms with van der Waals surface area (Å²) in [4.78, 5) is 0. The number of aryl methyl sites for hydroxylation is 1. The van der Waals surface area contributed by atoms with E-state index in [1.807, 2.05) is 0 Å². The fourth-order valence-corrected chi connectivity index (χ4v) is 5.26. The van der Waals surface area contributed by atoms with Crippen molar-refractivity contribution in [2.75, 3.05) is 5.32 Å². The van der Waals surface area contributed by atoms with Crippen molar-refractivity contribution in [3.8, 4) is 0 Å². The van der Waals surface area contributed by atoms with Crippen molar-refractivity contribution in [1.82, 2.24) is 0 Å². The fourth-order valence-electron chi connectivity index (χ4n) is 5.26. The molecule has 0 aromatic heterocycles. The first-order valence-corrected chi connectivity index (χ1v) is 10.5. The van der Waals surface area contributed by atoms with Gasteiger partial charge in [-0.3, -0.25) is 0 Å². The Morgan fingerprint density at radius 2 is 1.60 bits per heavy atom. The Morgan fingerprint density at radius 1 is 0.920 bits per heavy atom. The maximum absolute atomic E-state index is 3.74. The van der Waals surface area contributed by atoms with Gasteiger partial charge in [0.2, 0.25) is 0 Å². The van der Waals surface area contributed by atoms with Crippen molar-refractivity contribution in [2.45, 2.75) is 77.6 Å². The quantitative estimate of drug-likeness (QED) is 0.618. The fraction of sp³-hybridized carbons (Fsp3) is 0.583. The van der Waals surface area contributed by atoms with E-state index in [-0.39, 0.29) is 0 Å². The monoisotopic (exact) mass is 335 g/mol. The van der Waals surface area contributed by atoms with Gasteiger partial charge in [-0.2, -0.15) is 0 Å². The molecule has 0 bridgehead atoms. The minimum absolute atomic E-state index is 0.655. The van der Waals surface area contributed by atoms with Crippen LogP contribution in [0.4, 0.5) is 5.69 Å². The van der Waals surface area contributed by atoms with Crippen molar-refractivity contribution >= 4 is 5.69 Å². The third-order valence-electron chi connectivity index (χ3n) is 6.61. The molecule has 1 heteroatoms. The van der Waals surface area contributed by atoms with Crippen LogP contribution < -0.4 is 5.32 Å². The van der Waals surface area contributed by atoms with Gasteiger partial charge in [0.25, 0.3) is 0 Å². The lowest BCUT2D eigenvalue weighted by atomic mass is 9.85. The van der Waals surface area contributed by atoms with Crippen LogP contribution in [0.3, 0.4) is 0 Å². The highest BCUT2D eigenvalue weighted by Crippen LogP contribution is 2.39. The molecule has 0 radical (unpaired) electrons. The van der Waals surface area contributed by atoms with Gasteiger partial charge < -0.3 is 5.32 Å². The van der Waals surface area contributed by atoms with Crippen molar-refractivity contribution in [3.05, 3.63) is 52.7 Å². The first-order valence-electron chi connectivity index (χ1n) is 10.5. The van der Waals surface area contributed by atoms with Gasteiger partial charge in [0.05, 0.1) is 0 Å². The Balaban J connectivity index is 1.53. The zero-order valence-electron chi connectivity index (χ0n) is 16.0. The lowest BCUT2D eigenvalue weighted by molar-refractivity contribution is 0.563. The zero-order chi connectivity index (χ0) is 17.2. The number of allylic oxidation sites excluding steroid dienone is 3. The van der Waals surface area contributed by atoms with E-state index >= 15 is 0 Å². The van der Waals surface area contributed by atoms with Gasteiger partial charge in [-0.05, 0) is 86.1 Å². The molecular formula is C24H33N. The predicted molar refractivity (Wildman–Crippen MR) is 108 cm³/mol. The molecule has 0 aliphatic heterocycles. The van der Waals surface area contributed by atoms with Gasteiger partial charge in [-0.15, -0.1) is 0 Å². The molecular weight excluding hydrogens is 302 g/mol. The van der Waals surface area contributed by atoms with Crippen LogP contribution in [0, 0.1) is 18.8 Å². The molecule has 134 valence electrons. The second-order valence-corrected chi connectivity index (χ2v) is 8.68. The summed E-state index contributed by atoms with van der Waals surface area (Å²) in [5.74, 6) is 2.29. The minimum Gasteiger partial charge on any atom is -0.356 e. The van der Waals surface area contributed by atoms with Gasteiger partial charge in [0, 0.05) is 11.4 Å². The van der Waals surface area contributed by atoms with Gasteiger partial charge >= 0.3 is 0 Å². The molecule has 1 aromatic carbocycles. The molecule has 0 spiro atoms. The molecule has 0 saturated heterocycles. The van der Waals surface area contributed by atoms with Crippen LogP contribution in [0.1, 0.15) is 81.8 Å². The number of anilines is 1. The summed E-state index contributed by atoms with van der Waals surface area (Å²) < 4.78 is 0. The van der Waals surface area contributed by atoms with E-state index in [1.54, 1.807) is 11.1 Å². The van der Waals surface area contributed by atoms with Crippen LogP contribution >= 0.6 is 0 Å². The molecule has 4 rings (SSSR count). The first kappa shape index (κ1) is 16.9. The van der Waals surface area contributed by atoms with Crippen molar-refractivity contribution in [3.63, 3.8) is 0 Å². The summed E-state index contributed by atoms with van der Waals surface area (Å²) in [6.45, 7) is 4.64. The van der Waals surface area contributed by atoms with E-state index in [9.17, 15) is 0 Å². The maximum atomic E-state index is 3.74. The average Bonchev–Trinajstić information content (AvgIpc) is 3.30. The first-order chi connectivity index (χ1) is 12.2. The van der Waals surface area contributed by atoms with Crippen LogP contribution in [0.5, 0.6) is 0 Å². The topological polar surface area (TPSA) is 12.0 Å². The molecule has 2 fully saturated rings. The Labute approximate surface area is 153 Å². The van der Waals surface area contributed by atoms with Crippen LogP contribution in [-0.2, 0) is 0 Å². The average molecular weight is 336 g/mol. The Hall–Kier alpha value is -1.50. The second-order valence-electron chi connectivity index (χ2n) is 8.68. The summed E-state index contributed by atoms with van der Waals surface area (Å²) in [7, 11) is 0. The highest BCUT2D eigenvalue weighted by Gasteiger charge is 2.23. The largest absolute Gasteiger partial charge is 0.356 e. The molecule has 1 unspecified atom stereocenters. The molecule has 25 heavy (non-hydrogen) atoms. The Morgan fingerprint density at radius 3 is 2.32 bits per heavy atom. The molecule has 3 aliphatic carbocycles. The van der Waals surface area contributed by atoms with Gasteiger partial charge in [0.15, 0.2) is 0 Å². The normalized spacial score (nSPS) is 25.1. The zero-order valence-corrected chi connectivity index (χ0v) is 16.0. The lowest BCUT2D eigenvalue weighted by Gasteiger charge is -2.24. The summed E-state index contributed by atoms with van der Waals surface area (Å²) in [5.41, 5.74) is 7.33. The summed E-state index contributed by atoms with van der Waals surface area (Å²) in [6.07, 6.45) is 17.3. The third kappa shape index (κ3) is 3.86. The number of hydrogen-bond donors (Lipinski definition) is 1. The highest BCUT2D eigenvalue weighted by molar-refractivity contribution is 5.56. The van der Waals surface area contributed by atoms with Crippen molar-refractivity contribution in [1.29, 1.82) is 0 Å². The highest BCUT2D eigenvalue weighted by atomic mass is 14.9. The van der Waals surface area contributed by atoms with Crippen LogP contribution in [-0.4, -0.2) is 0 Å². The molecule has 0 heterocycles. The van der Waals surface area contributed by atoms with Crippen molar-refractivity contribution in [2.24, 2.45) is 11.8 Å². The van der Waals surface area contributed by atoms with E-state index < -0.39 is 0 Å². The van der Waals surface area contributed by atoms with Crippen molar-refractivity contribution < 1.29 is 0 Å². The minimum atomic E-state index is 0.655.